The van der Waals surface area contributed by atoms with Gasteiger partial charge in [0, 0.05) is 17.6 Å². The van der Waals surface area contributed by atoms with Crippen molar-refractivity contribution >= 4 is 43.8 Å². The van der Waals surface area contributed by atoms with Crippen LogP contribution in [0.3, 0.4) is 0 Å². The fourth-order valence-electron chi connectivity index (χ4n) is 2.13. The van der Waals surface area contributed by atoms with E-state index in [1.165, 1.54) is 11.3 Å². The highest BCUT2D eigenvalue weighted by molar-refractivity contribution is 7.22. The Morgan fingerprint density at radius 3 is 2.87 bits per heavy atom. The number of nitrogens with zero attached hydrogens (tertiary/aromatic N) is 3. The summed E-state index contributed by atoms with van der Waals surface area (Å²) in [6.45, 7) is 0. The van der Waals surface area contributed by atoms with Crippen molar-refractivity contribution in [3.05, 3.63) is 54.7 Å². The number of fused-ring (bicyclic) bond motifs is 2. The van der Waals surface area contributed by atoms with Crippen LogP contribution in [0.25, 0.3) is 21.3 Å². The molecule has 4 rings (SSSR count). The minimum Gasteiger partial charge on any atom is -0.391 e. The summed E-state index contributed by atoms with van der Waals surface area (Å²) in [5, 5.41) is 3.98. The van der Waals surface area contributed by atoms with Gasteiger partial charge >= 0.3 is 6.09 Å². The number of pyridine rings is 2. The lowest BCUT2D eigenvalue weighted by Gasteiger charge is -2.04. The summed E-state index contributed by atoms with van der Waals surface area (Å²) in [4.78, 5) is 24.6. The van der Waals surface area contributed by atoms with Gasteiger partial charge in [0.15, 0.2) is 10.8 Å². The molecule has 0 aliphatic heterocycles. The first kappa shape index (κ1) is 13.6. The zero-order chi connectivity index (χ0) is 15.6. The van der Waals surface area contributed by atoms with Crippen molar-refractivity contribution in [1.29, 1.82) is 0 Å². The van der Waals surface area contributed by atoms with E-state index in [-0.39, 0.29) is 5.88 Å². The lowest BCUT2D eigenvalue weighted by atomic mass is 10.3. The lowest BCUT2D eigenvalue weighted by Crippen LogP contribution is -2.17. The number of rotatable bonds is 2. The Morgan fingerprint density at radius 2 is 1.96 bits per heavy atom. The van der Waals surface area contributed by atoms with Gasteiger partial charge in [-0.1, -0.05) is 23.5 Å². The third-order valence-electron chi connectivity index (χ3n) is 3.14. The maximum Gasteiger partial charge on any atom is 0.420 e. The van der Waals surface area contributed by atoms with Gasteiger partial charge in [-0.3, -0.25) is 5.32 Å². The van der Waals surface area contributed by atoms with Crippen LogP contribution in [-0.2, 0) is 0 Å². The number of anilines is 1. The van der Waals surface area contributed by atoms with Gasteiger partial charge in [-0.15, -0.1) is 0 Å². The SMILES string of the molecule is O=C(Nc1nc2ccccc2s1)Oc1ccc2cccnc2n1. The van der Waals surface area contributed by atoms with Crippen LogP contribution in [0, 0.1) is 0 Å². The van der Waals surface area contributed by atoms with Gasteiger partial charge in [-0.05, 0) is 30.3 Å². The predicted octanol–water partition coefficient (Wildman–Crippen LogP) is 3.85. The highest BCUT2D eigenvalue weighted by atomic mass is 32.1. The summed E-state index contributed by atoms with van der Waals surface area (Å²) in [5.74, 6) is 0.190. The van der Waals surface area contributed by atoms with Gasteiger partial charge < -0.3 is 4.74 Å². The summed E-state index contributed by atoms with van der Waals surface area (Å²) in [6, 6.07) is 14.8. The molecule has 6 nitrogen and oxygen atoms in total. The average molecular weight is 322 g/mol. The number of hydrogen-bond donors (Lipinski definition) is 1. The third-order valence-corrected chi connectivity index (χ3v) is 4.09. The van der Waals surface area contributed by atoms with Crippen LogP contribution in [0.2, 0.25) is 0 Å². The minimum atomic E-state index is -0.633. The van der Waals surface area contributed by atoms with Gasteiger partial charge in [0.1, 0.15) is 0 Å². The second-order valence-corrected chi connectivity index (χ2v) is 5.73. The Kier molecular flexibility index (Phi) is 3.32. The van der Waals surface area contributed by atoms with Crippen molar-refractivity contribution in [3.8, 4) is 5.88 Å². The molecule has 0 fully saturated rings. The van der Waals surface area contributed by atoms with Crippen LogP contribution >= 0.6 is 11.3 Å². The molecule has 4 aromatic rings. The maximum atomic E-state index is 12.0. The van der Waals surface area contributed by atoms with E-state index in [0.717, 1.165) is 15.6 Å². The number of benzene rings is 1. The van der Waals surface area contributed by atoms with E-state index < -0.39 is 6.09 Å². The molecule has 0 spiro atoms. The molecule has 0 unspecified atom stereocenters. The molecule has 1 aromatic carbocycles. The number of nitrogens with one attached hydrogen (secondary N) is 1. The highest BCUT2D eigenvalue weighted by Crippen LogP contribution is 2.25. The molecule has 0 saturated heterocycles. The number of amides is 1. The lowest BCUT2D eigenvalue weighted by molar-refractivity contribution is 0.213. The number of ether oxygens (including phenoxy) is 1. The molecule has 0 aliphatic carbocycles. The van der Waals surface area contributed by atoms with Gasteiger partial charge in [0.25, 0.3) is 0 Å². The quantitative estimate of drug-likeness (QED) is 0.606. The number of para-hydroxylation sites is 1. The Hall–Kier alpha value is -3.06. The number of carbonyl (C=O) groups excluding carboxylic acids is 1. The van der Waals surface area contributed by atoms with Crippen LogP contribution < -0.4 is 10.1 Å². The second kappa shape index (κ2) is 5.62. The molecule has 3 heterocycles. The fourth-order valence-corrected chi connectivity index (χ4v) is 2.98. The average Bonchev–Trinajstić information content (AvgIpc) is 2.96. The Labute approximate surface area is 134 Å². The Bertz CT molecular complexity index is 982. The zero-order valence-electron chi connectivity index (χ0n) is 11.8. The van der Waals surface area contributed by atoms with E-state index in [2.05, 4.69) is 20.3 Å². The molecule has 0 aliphatic rings. The molecule has 3 aromatic heterocycles. The van der Waals surface area contributed by atoms with Gasteiger partial charge in [0.05, 0.1) is 10.2 Å². The Balaban J connectivity index is 1.52. The minimum absolute atomic E-state index is 0.190. The summed E-state index contributed by atoms with van der Waals surface area (Å²) >= 11 is 1.38. The number of carbonyl (C=O) groups is 1. The van der Waals surface area contributed by atoms with E-state index in [1.807, 2.05) is 36.4 Å². The van der Waals surface area contributed by atoms with Crippen LogP contribution in [0.15, 0.2) is 54.7 Å². The molecule has 0 bridgehead atoms. The van der Waals surface area contributed by atoms with Crippen LogP contribution in [-0.4, -0.2) is 21.0 Å². The molecule has 0 atom stereocenters. The molecule has 23 heavy (non-hydrogen) atoms. The van der Waals surface area contributed by atoms with Crippen molar-refractivity contribution in [3.63, 3.8) is 0 Å². The van der Waals surface area contributed by atoms with Gasteiger partial charge in [-0.2, -0.15) is 4.98 Å². The van der Waals surface area contributed by atoms with Gasteiger partial charge in [-0.25, -0.2) is 14.8 Å². The maximum absolute atomic E-state index is 12.0. The molecule has 7 heteroatoms. The number of hydrogen-bond acceptors (Lipinski definition) is 6. The highest BCUT2D eigenvalue weighted by Gasteiger charge is 2.10. The third kappa shape index (κ3) is 2.82. The van der Waals surface area contributed by atoms with Crippen LogP contribution in [0.4, 0.5) is 9.93 Å². The molecule has 112 valence electrons. The molecule has 1 amide bonds. The van der Waals surface area contributed by atoms with E-state index in [9.17, 15) is 4.79 Å². The number of aromatic nitrogens is 3. The molecule has 1 N–H and O–H groups in total. The second-order valence-electron chi connectivity index (χ2n) is 4.70. The largest absolute Gasteiger partial charge is 0.420 e. The monoisotopic (exact) mass is 322 g/mol. The summed E-state index contributed by atoms with van der Waals surface area (Å²) < 4.78 is 6.18. The molecular formula is C16H10N4O2S. The number of thiazole rings is 1. The normalized spacial score (nSPS) is 10.8. The van der Waals surface area contributed by atoms with Crippen LogP contribution in [0.1, 0.15) is 0 Å². The van der Waals surface area contributed by atoms with E-state index in [4.69, 9.17) is 4.74 Å². The smallest absolute Gasteiger partial charge is 0.391 e. The Morgan fingerprint density at radius 1 is 1.04 bits per heavy atom. The molecule has 0 radical (unpaired) electrons. The van der Waals surface area contributed by atoms with Crippen molar-refractivity contribution < 1.29 is 9.53 Å². The summed E-state index contributed by atoms with van der Waals surface area (Å²) in [7, 11) is 0. The van der Waals surface area contributed by atoms with E-state index in [0.29, 0.717) is 10.8 Å². The van der Waals surface area contributed by atoms with E-state index in [1.54, 1.807) is 18.3 Å². The van der Waals surface area contributed by atoms with Crippen molar-refractivity contribution in [2.24, 2.45) is 0 Å². The molecule has 0 saturated carbocycles. The first-order valence-electron chi connectivity index (χ1n) is 6.84. The predicted molar refractivity (Wildman–Crippen MR) is 88.8 cm³/mol. The van der Waals surface area contributed by atoms with Gasteiger partial charge in [0.2, 0.25) is 5.88 Å². The topological polar surface area (TPSA) is 77.0 Å². The van der Waals surface area contributed by atoms with Crippen molar-refractivity contribution in [2.45, 2.75) is 0 Å². The fraction of sp³-hybridized carbons (Fsp3) is 0. The molecular weight excluding hydrogens is 312 g/mol. The van der Waals surface area contributed by atoms with Crippen LogP contribution in [0.5, 0.6) is 5.88 Å². The first-order valence-corrected chi connectivity index (χ1v) is 7.66. The standard InChI is InChI=1S/C16H10N4O2S/c21-16(20-15-18-11-5-1-2-6-12(11)23-15)22-13-8-7-10-4-3-9-17-14(10)19-13/h1-9H,(H,18,20,21). The zero-order valence-corrected chi connectivity index (χ0v) is 12.6. The summed E-state index contributed by atoms with van der Waals surface area (Å²) in [5.41, 5.74) is 1.36. The summed E-state index contributed by atoms with van der Waals surface area (Å²) in [6.07, 6.45) is 1.01. The van der Waals surface area contributed by atoms with E-state index >= 15 is 0 Å². The van der Waals surface area contributed by atoms with Crippen molar-refractivity contribution in [2.75, 3.05) is 5.32 Å². The first-order chi connectivity index (χ1) is 11.3. The van der Waals surface area contributed by atoms with Crippen molar-refractivity contribution in [1.82, 2.24) is 15.0 Å².